The highest BCUT2D eigenvalue weighted by atomic mass is 32.2. The molecule has 590 valence electrons. The molecule has 16 nitrogen and oxygen atoms in total. The van der Waals surface area contributed by atoms with E-state index in [1.807, 2.05) is 92.7 Å². The van der Waals surface area contributed by atoms with E-state index in [-0.39, 0.29) is 46.7 Å². The van der Waals surface area contributed by atoms with Crippen LogP contribution < -0.4 is 15.2 Å². The van der Waals surface area contributed by atoms with E-state index in [2.05, 4.69) is 80.1 Å². The maximum atomic E-state index is 15.5. The summed E-state index contributed by atoms with van der Waals surface area (Å²) in [4.78, 5) is 47.2. The molecule has 0 radical (unpaired) electrons. The van der Waals surface area contributed by atoms with Gasteiger partial charge in [0.1, 0.15) is 46.6 Å². The number of carbonyl (C=O) groups excluding carboxylic acids is 1. The van der Waals surface area contributed by atoms with Gasteiger partial charge in [-0.05, 0) is 222 Å². The van der Waals surface area contributed by atoms with Crippen LogP contribution in [0.1, 0.15) is 112 Å². The number of aromatic hydroxyl groups is 2. The van der Waals surface area contributed by atoms with Crippen LogP contribution in [0.15, 0.2) is 206 Å². The van der Waals surface area contributed by atoms with Crippen molar-refractivity contribution in [1.82, 2.24) is 19.9 Å². The standard InChI is InChI=1S/C26H25FN2O2S.C25H20FNO3.C23H16F2N2O2.C23H17NO3/c1-3-4-5-16-6-8-17(9-7-16)20-12-13-22-23-15-18-14-19(29-32(2,30)31)10-11-21(18)25(23)28-26(22)24(20)27;1-12-5-13(2)7-15(6-12)16-9-19-17-4-3-14-8-20(25(29)30)22(28)11-18(14)23(17)27-24(19)21(26)10-16;1-11-8-12(3-7-18(11)24)14-5-6-15-17-10-29-19-9-13(23(26)28)2-4-16(19)21(17)27-22(15)20(14)25;25-21-12-18-15(10-19(21)23(26)27)7-9-17-16-8-6-14(11-20(16)24-22(17)18)13-4-2-1-3-5-13/h6-14,28-29H,3-5,15H2,1-2H3;5-11,27-28H,3-4H2,1-2H3,(H,29,30);2-9,27H,10H2,1H3,(H2,26,28);1-6,8,10-12,24-25H,7,9H2,(H,26,27). The molecule has 4 aliphatic rings. The molecule has 16 aromatic rings. The predicted octanol–water partition coefficient (Wildman–Crippen LogP) is 22.1. The molecule has 0 unspecified atom stereocenters. The lowest BCUT2D eigenvalue weighted by atomic mass is 9.87. The minimum Gasteiger partial charge on any atom is -0.507 e. The Balaban J connectivity index is 0.000000113. The maximum absolute atomic E-state index is 15.5. The number of ether oxygens (including phenoxy) is 1. The number of primary amides is 1. The van der Waals surface area contributed by atoms with E-state index >= 15 is 13.2 Å². The van der Waals surface area contributed by atoms with Crippen LogP contribution in [0.25, 0.3) is 133 Å². The number of anilines is 1. The number of halogens is 4. The van der Waals surface area contributed by atoms with Gasteiger partial charge in [0.25, 0.3) is 0 Å². The second kappa shape index (κ2) is 30.4. The van der Waals surface area contributed by atoms with Crippen molar-refractivity contribution in [3.05, 3.63) is 307 Å². The smallest absolute Gasteiger partial charge is 0.339 e. The minimum absolute atomic E-state index is 0.0420. The zero-order valence-corrected chi connectivity index (χ0v) is 65.5. The maximum Gasteiger partial charge on any atom is 0.339 e. The number of carboxylic acids is 2. The third-order valence-electron chi connectivity index (χ3n) is 22.8. The number of carboxylic acid groups (broad SMARTS) is 2. The van der Waals surface area contributed by atoms with Crippen molar-refractivity contribution in [3.63, 3.8) is 0 Å². The van der Waals surface area contributed by atoms with Crippen molar-refractivity contribution >= 4 is 77.2 Å². The lowest BCUT2D eigenvalue weighted by molar-refractivity contribution is 0.0682. The van der Waals surface area contributed by atoms with Crippen LogP contribution in [-0.2, 0) is 55.2 Å². The number of H-pyrrole nitrogens is 4. The number of carbonyl (C=O) groups is 3. The predicted molar refractivity (Wildman–Crippen MR) is 456 cm³/mol. The molecule has 11 N–H and O–H groups in total. The largest absolute Gasteiger partial charge is 0.507 e. The van der Waals surface area contributed by atoms with E-state index in [0.29, 0.717) is 75.1 Å². The van der Waals surface area contributed by atoms with Gasteiger partial charge in [0, 0.05) is 83.7 Å². The summed E-state index contributed by atoms with van der Waals surface area (Å²) in [7, 11) is -3.34. The van der Waals surface area contributed by atoms with Crippen LogP contribution >= 0.6 is 0 Å². The van der Waals surface area contributed by atoms with Crippen LogP contribution in [0.5, 0.6) is 17.2 Å². The first kappa shape index (κ1) is 76.7. The van der Waals surface area contributed by atoms with E-state index in [0.717, 1.165) is 177 Å². The fourth-order valence-electron chi connectivity index (χ4n) is 17.1. The molecule has 0 saturated heterocycles. The van der Waals surface area contributed by atoms with E-state index in [9.17, 15) is 47.6 Å². The lowest BCUT2D eigenvalue weighted by Crippen LogP contribution is -2.12. The number of benzene rings is 12. The third-order valence-corrected chi connectivity index (χ3v) is 23.4. The number of aromatic amines is 4. The monoisotopic (exact) mass is 1590 g/mol. The Morgan fingerprint density at radius 1 is 0.475 bits per heavy atom. The molecule has 21 heteroatoms. The van der Waals surface area contributed by atoms with Crippen molar-refractivity contribution in [2.45, 2.75) is 85.7 Å². The molecule has 3 aliphatic carbocycles. The van der Waals surface area contributed by atoms with Crippen molar-refractivity contribution in [2.24, 2.45) is 5.73 Å². The van der Waals surface area contributed by atoms with Gasteiger partial charge >= 0.3 is 11.9 Å². The zero-order valence-electron chi connectivity index (χ0n) is 64.7. The van der Waals surface area contributed by atoms with Crippen molar-refractivity contribution in [1.29, 1.82) is 0 Å². The highest BCUT2D eigenvalue weighted by Crippen LogP contribution is 2.48. The van der Waals surface area contributed by atoms with Gasteiger partial charge in [0.15, 0.2) is 11.6 Å². The fourth-order valence-corrected chi connectivity index (χ4v) is 17.7. The molecule has 4 aromatic heterocycles. The quantitative estimate of drug-likeness (QED) is 0.0517. The first-order valence-corrected chi connectivity index (χ1v) is 40.6. The van der Waals surface area contributed by atoms with Gasteiger partial charge in [-0.1, -0.05) is 146 Å². The molecule has 0 atom stereocenters. The number of aromatic carboxylic acids is 2. The summed E-state index contributed by atoms with van der Waals surface area (Å²) in [5, 5.41) is 42.4. The number of unbranched alkanes of at least 4 members (excludes halogenated alkanes) is 1. The van der Waals surface area contributed by atoms with Crippen LogP contribution in [0.4, 0.5) is 23.2 Å². The first-order chi connectivity index (χ1) is 56.7. The van der Waals surface area contributed by atoms with Crippen molar-refractivity contribution in [2.75, 3.05) is 11.0 Å². The SMILES string of the molecule is CCCCc1ccc(-c2ccc3c4c([nH]c3c2F)-c2ccc(NS(C)(=O)=O)cc2C4)cc1.Cc1cc(-c2ccc3c4c([nH]c3c2F)-c2ccc(C(N)=O)cc2OC4)ccc1F.Cc1cc(C)cc(-c2cc(F)c3[nH]c4c(c3c2)CCc2cc(C(=O)O)c(O)cc2-4)c1.O=C(O)c1cc2c(cc1O)-c1[nH]c3cc(-c4ccccc4)ccc3c1CC2. The van der Waals surface area contributed by atoms with E-state index in [1.165, 1.54) is 34.7 Å². The Labute approximate surface area is 675 Å². The summed E-state index contributed by atoms with van der Waals surface area (Å²) in [6.07, 6.45) is 8.02. The summed E-state index contributed by atoms with van der Waals surface area (Å²) in [5.41, 5.74) is 32.6. The number of aryl methyl sites for hydroxylation is 8. The highest BCUT2D eigenvalue weighted by Gasteiger charge is 2.31. The van der Waals surface area contributed by atoms with Gasteiger partial charge in [0.2, 0.25) is 15.9 Å². The number of nitrogens with one attached hydrogen (secondary N) is 5. The van der Waals surface area contributed by atoms with Crippen LogP contribution in [0, 0.1) is 44.0 Å². The Bertz CT molecular complexity index is 6980. The molecule has 12 aromatic carbocycles. The number of fused-ring (bicyclic) bond motifs is 20. The number of amides is 1. The van der Waals surface area contributed by atoms with Crippen molar-refractivity contribution < 1.29 is 65.5 Å². The molecule has 0 bridgehead atoms. The minimum atomic E-state index is -3.34. The second-order valence-corrected chi connectivity index (χ2v) is 32.5. The number of phenols is 2. The summed E-state index contributed by atoms with van der Waals surface area (Å²) in [5.74, 6) is -4.07. The molecule has 1 amide bonds. The first-order valence-electron chi connectivity index (χ1n) is 38.7. The molecular weight excluding hydrogens is 1520 g/mol. The van der Waals surface area contributed by atoms with Crippen molar-refractivity contribution in [3.8, 4) is 107 Å². The Hall–Kier alpha value is -13.9. The van der Waals surface area contributed by atoms with E-state index in [4.69, 9.17) is 10.5 Å². The Morgan fingerprint density at radius 3 is 1.66 bits per heavy atom. The number of sulfonamides is 1. The summed E-state index contributed by atoms with van der Waals surface area (Å²) >= 11 is 0. The Kier molecular flexibility index (Phi) is 19.7. The number of rotatable bonds is 12. The van der Waals surface area contributed by atoms with Crippen LogP contribution in [-0.4, -0.2) is 72.9 Å². The van der Waals surface area contributed by atoms with Gasteiger partial charge in [0.05, 0.1) is 45.6 Å². The van der Waals surface area contributed by atoms with Crippen LogP contribution in [0.3, 0.4) is 0 Å². The lowest BCUT2D eigenvalue weighted by Gasteiger charge is -2.18. The molecule has 0 spiro atoms. The number of nitrogens with two attached hydrogens (primary N) is 1. The average molecular weight is 1600 g/mol. The second-order valence-electron chi connectivity index (χ2n) is 30.7. The molecule has 0 saturated carbocycles. The topological polar surface area (TPSA) is 277 Å². The van der Waals surface area contributed by atoms with Gasteiger partial charge in [-0.15, -0.1) is 0 Å². The number of hydrogen-bond donors (Lipinski definition) is 10. The molecule has 1 aliphatic heterocycles. The summed E-state index contributed by atoms with van der Waals surface area (Å²) in [6, 6.07) is 63.1. The average Bonchev–Trinajstić information content (AvgIpc) is 1.59. The van der Waals surface area contributed by atoms with Gasteiger partial charge < -0.3 is 50.8 Å². The summed E-state index contributed by atoms with van der Waals surface area (Å²) < 4.78 is 91.0. The highest BCUT2D eigenvalue weighted by molar-refractivity contribution is 7.92. The third kappa shape index (κ3) is 14.3. The molecule has 0 fully saturated rings. The molecule has 20 rings (SSSR count). The fraction of sp³-hybridized carbons (Fsp3) is 0.144. The normalized spacial score (nSPS) is 12.6. The molecular formula is C97H78F4N6O10S. The number of aromatic nitrogens is 4. The van der Waals surface area contributed by atoms with E-state index in [1.54, 1.807) is 67.6 Å². The zero-order chi connectivity index (χ0) is 82.4. The van der Waals surface area contributed by atoms with Gasteiger partial charge in [-0.25, -0.2) is 35.6 Å². The van der Waals surface area contributed by atoms with E-state index < -0.39 is 33.7 Å². The molecule has 118 heavy (non-hydrogen) atoms. The summed E-state index contributed by atoms with van der Waals surface area (Å²) in [6.45, 7) is 8.13. The van der Waals surface area contributed by atoms with Gasteiger partial charge in [-0.3, -0.25) is 9.52 Å². The number of hydrogen-bond acceptors (Lipinski definition) is 8. The van der Waals surface area contributed by atoms with Crippen LogP contribution in [0.2, 0.25) is 0 Å². The molecule has 5 heterocycles. The Morgan fingerprint density at radius 2 is 1.03 bits per heavy atom. The van der Waals surface area contributed by atoms with Gasteiger partial charge in [-0.2, -0.15) is 0 Å².